The molecule has 2 amide bonds. The molecule has 0 radical (unpaired) electrons. The standard InChI is InChI=1S/C20H19ClN4O3/c1-27-16-8-2-5-13(11-16)18-23-19(28-24-18)17-9-4-10-25(17)20(26)22-15-7-3-6-14(21)12-15/h2-3,5-8,11-12,17H,4,9-10H2,1H3,(H,22,26). The number of hydrogen-bond donors (Lipinski definition) is 1. The van der Waals surface area contributed by atoms with Crippen molar-refractivity contribution in [3.05, 3.63) is 59.4 Å². The number of ether oxygens (including phenoxy) is 1. The normalized spacial score (nSPS) is 16.2. The van der Waals surface area contributed by atoms with Gasteiger partial charge in [-0.1, -0.05) is 35.0 Å². The highest BCUT2D eigenvalue weighted by Crippen LogP contribution is 2.33. The molecule has 1 N–H and O–H groups in total. The summed E-state index contributed by atoms with van der Waals surface area (Å²) in [5.74, 6) is 1.61. The molecular weight excluding hydrogens is 380 g/mol. The van der Waals surface area contributed by atoms with Crippen molar-refractivity contribution < 1.29 is 14.1 Å². The van der Waals surface area contributed by atoms with Crippen molar-refractivity contribution in [1.82, 2.24) is 15.0 Å². The molecule has 1 atom stereocenters. The van der Waals surface area contributed by atoms with Crippen LogP contribution >= 0.6 is 11.6 Å². The summed E-state index contributed by atoms with van der Waals surface area (Å²) in [5.41, 5.74) is 1.44. The highest BCUT2D eigenvalue weighted by molar-refractivity contribution is 6.30. The summed E-state index contributed by atoms with van der Waals surface area (Å²) in [6.07, 6.45) is 1.63. The molecule has 8 heteroatoms. The zero-order chi connectivity index (χ0) is 19.5. The van der Waals surface area contributed by atoms with Crippen LogP contribution in [0.4, 0.5) is 10.5 Å². The summed E-state index contributed by atoms with van der Waals surface area (Å²) in [5, 5.41) is 7.52. The van der Waals surface area contributed by atoms with Crippen LogP contribution in [0.1, 0.15) is 24.8 Å². The van der Waals surface area contributed by atoms with Crippen molar-refractivity contribution in [2.75, 3.05) is 19.0 Å². The third-order valence-electron chi connectivity index (χ3n) is 4.64. The molecule has 0 bridgehead atoms. The summed E-state index contributed by atoms with van der Waals surface area (Å²) in [7, 11) is 1.61. The van der Waals surface area contributed by atoms with E-state index < -0.39 is 0 Å². The van der Waals surface area contributed by atoms with E-state index in [-0.39, 0.29) is 12.1 Å². The Kier molecular flexibility index (Phi) is 5.16. The SMILES string of the molecule is COc1cccc(-c2noc(C3CCCN3C(=O)Nc3cccc(Cl)c3)n2)c1. The zero-order valence-electron chi connectivity index (χ0n) is 15.3. The molecule has 1 unspecified atom stereocenters. The lowest BCUT2D eigenvalue weighted by molar-refractivity contribution is 0.193. The number of halogens is 1. The third-order valence-corrected chi connectivity index (χ3v) is 4.88. The average molecular weight is 399 g/mol. The number of nitrogens with one attached hydrogen (secondary N) is 1. The van der Waals surface area contributed by atoms with E-state index >= 15 is 0 Å². The first kappa shape index (κ1) is 18.3. The van der Waals surface area contributed by atoms with Gasteiger partial charge in [-0.2, -0.15) is 4.98 Å². The fourth-order valence-electron chi connectivity index (χ4n) is 3.28. The summed E-state index contributed by atoms with van der Waals surface area (Å²) < 4.78 is 10.7. The van der Waals surface area contributed by atoms with E-state index in [2.05, 4.69) is 15.5 Å². The Balaban J connectivity index is 1.52. The fourth-order valence-corrected chi connectivity index (χ4v) is 3.47. The number of anilines is 1. The van der Waals surface area contributed by atoms with E-state index in [1.165, 1.54) is 0 Å². The van der Waals surface area contributed by atoms with Gasteiger partial charge in [0.15, 0.2) is 0 Å². The number of hydrogen-bond acceptors (Lipinski definition) is 5. The van der Waals surface area contributed by atoms with E-state index in [1.54, 1.807) is 36.3 Å². The molecule has 4 rings (SSSR count). The maximum atomic E-state index is 12.7. The number of aromatic nitrogens is 2. The van der Waals surface area contributed by atoms with Gasteiger partial charge >= 0.3 is 6.03 Å². The molecule has 0 aliphatic carbocycles. The van der Waals surface area contributed by atoms with Crippen molar-refractivity contribution in [2.24, 2.45) is 0 Å². The summed E-state index contributed by atoms with van der Waals surface area (Å²) >= 11 is 5.99. The number of benzene rings is 2. The molecule has 28 heavy (non-hydrogen) atoms. The predicted molar refractivity (Wildman–Crippen MR) is 105 cm³/mol. The number of amides is 2. The molecule has 1 aromatic heterocycles. The Morgan fingerprint density at radius 1 is 1.29 bits per heavy atom. The van der Waals surface area contributed by atoms with Gasteiger partial charge in [0.05, 0.1) is 7.11 Å². The van der Waals surface area contributed by atoms with Crippen molar-refractivity contribution >= 4 is 23.3 Å². The van der Waals surface area contributed by atoms with Crippen LogP contribution in [0.2, 0.25) is 5.02 Å². The van der Waals surface area contributed by atoms with E-state index in [0.29, 0.717) is 34.7 Å². The van der Waals surface area contributed by atoms with Crippen molar-refractivity contribution in [3.63, 3.8) is 0 Å². The Morgan fingerprint density at radius 2 is 2.14 bits per heavy atom. The van der Waals surface area contributed by atoms with E-state index in [0.717, 1.165) is 18.4 Å². The van der Waals surface area contributed by atoms with Crippen LogP contribution in [0, 0.1) is 0 Å². The Morgan fingerprint density at radius 3 is 2.96 bits per heavy atom. The quantitative estimate of drug-likeness (QED) is 0.684. The number of urea groups is 1. The van der Waals surface area contributed by atoms with Gasteiger partial charge in [-0.15, -0.1) is 0 Å². The molecule has 1 aliphatic rings. The average Bonchev–Trinajstić information content (AvgIpc) is 3.37. The van der Waals surface area contributed by atoms with Gasteiger partial charge in [0.25, 0.3) is 0 Å². The summed E-state index contributed by atoms with van der Waals surface area (Å²) in [4.78, 5) is 19.0. The minimum absolute atomic E-state index is 0.217. The molecule has 1 saturated heterocycles. The van der Waals surface area contributed by atoms with Gasteiger partial charge < -0.3 is 19.5 Å². The molecular formula is C20H19ClN4O3. The third kappa shape index (κ3) is 3.80. The number of likely N-dealkylation sites (tertiary alicyclic amines) is 1. The molecule has 0 spiro atoms. The summed E-state index contributed by atoms with van der Waals surface area (Å²) in [6.45, 7) is 0.619. The first-order chi connectivity index (χ1) is 13.6. The van der Waals surface area contributed by atoms with Crippen molar-refractivity contribution in [3.8, 4) is 17.1 Å². The minimum atomic E-state index is -0.258. The first-order valence-electron chi connectivity index (χ1n) is 8.95. The van der Waals surface area contributed by atoms with Gasteiger partial charge in [-0.25, -0.2) is 4.79 Å². The van der Waals surface area contributed by atoms with Crippen LogP contribution in [0.25, 0.3) is 11.4 Å². The van der Waals surface area contributed by atoms with Crippen LogP contribution in [0.15, 0.2) is 53.1 Å². The second-order valence-corrected chi connectivity index (χ2v) is 6.92. The number of methoxy groups -OCH3 is 1. The Labute approximate surface area is 167 Å². The topological polar surface area (TPSA) is 80.5 Å². The molecule has 7 nitrogen and oxygen atoms in total. The molecule has 1 aliphatic heterocycles. The molecule has 3 aromatic rings. The lowest BCUT2D eigenvalue weighted by atomic mass is 10.2. The number of rotatable bonds is 4. The minimum Gasteiger partial charge on any atom is -0.497 e. The zero-order valence-corrected chi connectivity index (χ0v) is 16.0. The number of carbonyl (C=O) groups excluding carboxylic acids is 1. The van der Waals surface area contributed by atoms with Crippen LogP contribution in [0.5, 0.6) is 5.75 Å². The van der Waals surface area contributed by atoms with Gasteiger partial charge in [0, 0.05) is 22.8 Å². The highest BCUT2D eigenvalue weighted by Gasteiger charge is 2.34. The van der Waals surface area contributed by atoms with Crippen molar-refractivity contribution in [2.45, 2.75) is 18.9 Å². The fraction of sp³-hybridized carbons (Fsp3) is 0.250. The maximum absolute atomic E-state index is 12.7. The Hall–Kier alpha value is -3.06. The van der Waals surface area contributed by atoms with Gasteiger partial charge in [0.1, 0.15) is 11.8 Å². The van der Waals surface area contributed by atoms with E-state index in [9.17, 15) is 4.79 Å². The highest BCUT2D eigenvalue weighted by atomic mass is 35.5. The van der Waals surface area contributed by atoms with Crippen molar-refractivity contribution in [1.29, 1.82) is 0 Å². The number of carbonyl (C=O) groups is 1. The summed E-state index contributed by atoms with van der Waals surface area (Å²) in [6, 6.07) is 14.0. The van der Waals surface area contributed by atoms with E-state index in [1.807, 2.05) is 24.3 Å². The Bertz CT molecular complexity index is 991. The second kappa shape index (κ2) is 7.90. The molecule has 0 saturated carbocycles. The largest absolute Gasteiger partial charge is 0.497 e. The van der Waals surface area contributed by atoms with Gasteiger partial charge in [-0.3, -0.25) is 0 Å². The van der Waals surface area contributed by atoms with Crippen LogP contribution in [-0.4, -0.2) is 34.7 Å². The molecule has 1 fully saturated rings. The van der Waals surface area contributed by atoms with Crippen LogP contribution in [-0.2, 0) is 0 Å². The van der Waals surface area contributed by atoms with Gasteiger partial charge in [0.2, 0.25) is 11.7 Å². The molecule has 144 valence electrons. The lowest BCUT2D eigenvalue weighted by Gasteiger charge is -2.22. The molecule has 2 heterocycles. The second-order valence-electron chi connectivity index (χ2n) is 6.48. The maximum Gasteiger partial charge on any atom is 0.322 e. The van der Waals surface area contributed by atoms with Crippen LogP contribution in [0.3, 0.4) is 0 Å². The molecule has 2 aromatic carbocycles. The first-order valence-corrected chi connectivity index (χ1v) is 9.33. The van der Waals surface area contributed by atoms with E-state index in [4.69, 9.17) is 20.9 Å². The van der Waals surface area contributed by atoms with Crippen LogP contribution < -0.4 is 10.1 Å². The van der Waals surface area contributed by atoms with Gasteiger partial charge in [-0.05, 0) is 43.2 Å². The predicted octanol–water partition coefficient (Wildman–Crippen LogP) is 4.77. The lowest BCUT2D eigenvalue weighted by Crippen LogP contribution is -2.34. The monoisotopic (exact) mass is 398 g/mol. The number of nitrogens with zero attached hydrogens (tertiary/aromatic N) is 3. The smallest absolute Gasteiger partial charge is 0.322 e.